The van der Waals surface area contributed by atoms with E-state index in [-0.39, 0.29) is 17.7 Å². The van der Waals surface area contributed by atoms with Crippen molar-refractivity contribution in [3.05, 3.63) is 70.8 Å². The van der Waals surface area contributed by atoms with Crippen LogP contribution in [0.5, 0.6) is 0 Å². The van der Waals surface area contributed by atoms with E-state index in [4.69, 9.17) is 9.47 Å². The molecule has 1 saturated heterocycles. The molecule has 0 aromatic heterocycles. The monoisotopic (exact) mass is 405 g/mol. The highest BCUT2D eigenvalue weighted by Gasteiger charge is 2.71. The summed E-state index contributed by atoms with van der Waals surface area (Å²) in [4.78, 5) is 29.2. The van der Waals surface area contributed by atoms with Crippen LogP contribution in [-0.2, 0) is 24.5 Å². The van der Waals surface area contributed by atoms with Gasteiger partial charge in [0, 0.05) is 25.7 Å². The number of rotatable bonds is 3. The van der Waals surface area contributed by atoms with Crippen molar-refractivity contribution >= 4 is 11.8 Å². The maximum Gasteiger partial charge on any atom is 0.235 e. The highest BCUT2D eigenvalue weighted by Crippen LogP contribution is 2.66. The van der Waals surface area contributed by atoms with Gasteiger partial charge in [-0.1, -0.05) is 48.5 Å². The molecule has 30 heavy (non-hydrogen) atoms. The van der Waals surface area contributed by atoms with Gasteiger partial charge in [-0.15, -0.1) is 0 Å². The quantitative estimate of drug-likeness (QED) is 0.580. The van der Waals surface area contributed by atoms with Crippen LogP contribution in [0.2, 0.25) is 0 Å². The minimum atomic E-state index is -0.886. The first-order valence-electron chi connectivity index (χ1n) is 10.4. The van der Waals surface area contributed by atoms with E-state index in [1.165, 1.54) is 4.90 Å². The molecule has 3 aliphatic carbocycles. The number of methoxy groups -OCH3 is 2. The standard InChI is InChI=1S/C25H27NO4/c1-24(2,3)26-21(27)19-18-14-10-6-8-12-16(14)25(20(19)22(26)28,23(29-4)30-5)17-13-9-7-11-15(17)18/h6-13,18-20,23H,1-5H3/t18?,19-,20+,25?/m0/s1. The zero-order valence-electron chi connectivity index (χ0n) is 18.0. The first-order valence-corrected chi connectivity index (χ1v) is 10.4. The zero-order valence-corrected chi connectivity index (χ0v) is 18.0. The molecule has 4 aliphatic rings. The Bertz CT molecular complexity index is 1000. The average Bonchev–Trinajstić information content (AvgIpc) is 3.01. The van der Waals surface area contributed by atoms with Crippen molar-refractivity contribution in [3.8, 4) is 0 Å². The number of hydrogen-bond acceptors (Lipinski definition) is 4. The van der Waals surface area contributed by atoms with Crippen LogP contribution < -0.4 is 0 Å². The van der Waals surface area contributed by atoms with Gasteiger partial charge in [0.1, 0.15) is 0 Å². The van der Waals surface area contributed by atoms with Crippen molar-refractivity contribution in [2.75, 3.05) is 14.2 Å². The lowest BCUT2D eigenvalue weighted by Gasteiger charge is -2.56. The molecule has 2 bridgehead atoms. The second-order valence-electron chi connectivity index (χ2n) is 9.51. The summed E-state index contributed by atoms with van der Waals surface area (Å²) in [5.41, 5.74) is 2.76. The Labute approximate surface area is 177 Å². The third-order valence-electron chi connectivity index (χ3n) is 7.15. The predicted octanol–water partition coefficient (Wildman–Crippen LogP) is 3.45. The molecule has 5 nitrogen and oxygen atoms in total. The summed E-state index contributed by atoms with van der Waals surface area (Å²) in [5, 5.41) is 0. The number of imide groups is 1. The topological polar surface area (TPSA) is 55.8 Å². The maximum absolute atomic E-state index is 13.9. The van der Waals surface area contributed by atoms with Gasteiger partial charge in [-0.3, -0.25) is 14.5 Å². The van der Waals surface area contributed by atoms with Gasteiger partial charge in [0.15, 0.2) is 6.29 Å². The third-order valence-corrected chi connectivity index (χ3v) is 7.15. The SMILES string of the molecule is COC(OC)C12c3ccccc3C(c3ccccc31)[C@@H]1C(=O)N(C(C)(C)C)C(=O)[C@@H]12. The molecule has 0 unspecified atom stereocenters. The predicted molar refractivity (Wildman–Crippen MR) is 112 cm³/mol. The second-order valence-corrected chi connectivity index (χ2v) is 9.51. The van der Waals surface area contributed by atoms with Gasteiger partial charge in [-0.05, 0) is 43.0 Å². The van der Waals surface area contributed by atoms with Gasteiger partial charge in [0.05, 0.1) is 17.3 Å². The van der Waals surface area contributed by atoms with E-state index in [1.807, 2.05) is 45.0 Å². The number of nitrogens with zero attached hydrogens (tertiary/aromatic N) is 1. The first-order chi connectivity index (χ1) is 14.3. The van der Waals surface area contributed by atoms with Crippen LogP contribution in [0, 0.1) is 11.8 Å². The van der Waals surface area contributed by atoms with Crippen LogP contribution in [0.1, 0.15) is 48.9 Å². The largest absolute Gasteiger partial charge is 0.355 e. The van der Waals surface area contributed by atoms with Crippen molar-refractivity contribution in [3.63, 3.8) is 0 Å². The van der Waals surface area contributed by atoms with E-state index in [0.717, 1.165) is 22.3 Å². The smallest absolute Gasteiger partial charge is 0.235 e. The molecule has 2 amide bonds. The Hall–Kier alpha value is -2.50. The maximum atomic E-state index is 13.9. The van der Waals surface area contributed by atoms with Crippen molar-refractivity contribution in [1.82, 2.24) is 4.90 Å². The molecule has 2 atom stereocenters. The summed E-state index contributed by atoms with van der Waals surface area (Å²) in [7, 11) is 3.21. The van der Waals surface area contributed by atoms with Gasteiger partial charge in [-0.2, -0.15) is 0 Å². The van der Waals surface area contributed by atoms with Crippen molar-refractivity contribution in [1.29, 1.82) is 0 Å². The average molecular weight is 405 g/mol. The van der Waals surface area contributed by atoms with Crippen molar-refractivity contribution in [2.24, 2.45) is 11.8 Å². The number of likely N-dealkylation sites (tertiary alicyclic amines) is 1. The van der Waals surface area contributed by atoms with Crippen molar-refractivity contribution in [2.45, 2.75) is 43.9 Å². The Morgan fingerprint density at radius 3 is 1.83 bits per heavy atom. The Kier molecular flexibility index (Phi) is 4.06. The molecule has 0 radical (unpaired) electrons. The third kappa shape index (κ3) is 2.09. The van der Waals surface area contributed by atoms with Crippen LogP contribution >= 0.6 is 0 Å². The van der Waals surface area contributed by atoms with Gasteiger partial charge >= 0.3 is 0 Å². The number of carbonyl (C=O) groups excluding carboxylic acids is 2. The molecule has 0 spiro atoms. The molecule has 1 heterocycles. The number of benzene rings is 2. The highest BCUT2D eigenvalue weighted by atomic mass is 16.7. The zero-order chi connectivity index (χ0) is 21.4. The number of hydrogen-bond donors (Lipinski definition) is 0. The summed E-state index contributed by atoms with van der Waals surface area (Å²) in [6, 6.07) is 16.3. The summed E-state index contributed by atoms with van der Waals surface area (Å²) >= 11 is 0. The van der Waals surface area contributed by atoms with E-state index >= 15 is 0 Å². The second kappa shape index (κ2) is 6.25. The van der Waals surface area contributed by atoms with Crippen LogP contribution in [0.15, 0.2) is 48.5 Å². The Morgan fingerprint density at radius 2 is 1.37 bits per heavy atom. The number of ether oxygens (including phenoxy) is 2. The molecule has 5 heteroatoms. The summed E-state index contributed by atoms with van der Waals surface area (Å²) in [6.45, 7) is 5.75. The lowest BCUT2D eigenvalue weighted by molar-refractivity contribution is -0.169. The molecule has 156 valence electrons. The van der Waals surface area contributed by atoms with E-state index in [2.05, 4.69) is 24.3 Å². The van der Waals surface area contributed by atoms with E-state index in [0.29, 0.717) is 0 Å². The van der Waals surface area contributed by atoms with E-state index in [9.17, 15) is 9.59 Å². The molecule has 0 saturated carbocycles. The number of amides is 2. The Balaban J connectivity index is 1.91. The number of carbonyl (C=O) groups is 2. The molecule has 0 N–H and O–H groups in total. The fraction of sp³-hybridized carbons (Fsp3) is 0.440. The van der Waals surface area contributed by atoms with Gasteiger partial charge in [0.25, 0.3) is 0 Å². The fourth-order valence-corrected chi connectivity index (χ4v) is 6.36. The normalized spacial score (nSPS) is 29.3. The molecule has 6 rings (SSSR count). The van der Waals surface area contributed by atoms with Crippen LogP contribution in [0.4, 0.5) is 0 Å². The first kappa shape index (κ1) is 19.5. The Morgan fingerprint density at radius 1 is 0.867 bits per heavy atom. The fourth-order valence-electron chi connectivity index (χ4n) is 6.36. The van der Waals surface area contributed by atoms with E-state index < -0.39 is 29.1 Å². The molecule has 1 aliphatic heterocycles. The lowest BCUT2D eigenvalue weighted by atomic mass is 9.47. The molecule has 2 aromatic rings. The minimum Gasteiger partial charge on any atom is -0.355 e. The van der Waals surface area contributed by atoms with Crippen LogP contribution in [0.3, 0.4) is 0 Å². The molecular weight excluding hydrogens is 378 g/mol. The van der Waals surface area contributed by atoms with Crippen molar-refractivity contribution < 1.29 is 19.1 Å². The summed E-state index contributed by atoms with van der Waals surface area (Å²) in [6.07, 6.45) is -0.704. The molecular formula is C25H27NO4. The molecule has 1 fully saturated rings. The summed E-state index contributed by atoms with van der Waals surface area (Å²) in [5.74, 6) is -1.41. The lowest BCUT2D eigenvalue weighted by Crippen LogP contribution is -2.60. The van der Waals surface area contributed by atoms with Gasteiger partial charge in [-0.25, -0.2) is 0 Å². The van der Waals surface area contributed by atoms with E-state index in [1.54, 1.807) is 14.2 Å². The van der Waals surface area contributed by atoms with Crippen LogP contribution in [-0.4, -0.2) is 42.8 Å². The minimum absolute atomic E-state index is 0.0955. The van der Waals surface area contributed by atoms with Crippen LogP contribution in [0.25, 0.3) is 0 Å². The highest BCUT2D eigenvalue weighted by molar-refractivity contribution is 6.09. The molecule has 2 aromatic carbocycles. The van der Waals surface area contributed by atoms with Gasteiger partial charge < -0.3 is 9.47 Å². The summed E-state index contributed by atoms with van der Waals surface area (Å²) < 4.78 is 11.8. The van der Waals surface area contributed by atoms with Gasteiger partial charge in [0.2, 0.25) is 11.8 Å².